The molecule has 1 saturated carbocycles. The van der Waals surface area contributed by atoms with Crippen LogP contribution >= 0.6 is 11.8 Å². The summed E-state index contributed by atoms with van der Waals surface area (Å²) in [5.41, 5.74) is 0.790. The van der Waals surface area contributed by atoms with Crippen molar-refractivity contribution < 1.29 is 0 Å². The monoisotopic (exact) mass is 254 g/mol. The SMILES string of the molecule is CC(C)CC1CN=C(NC2C(C)(C)C2(C)C)S1. The molecule has 1 fully saturated rings. The van der Waals surface area contributed by atoms with E-state index in [-0.39, 0.29) is 0 Å². The van der Waals surface area contributed by atoms with E-state index in [1.807, 2.05) is 11.8 Å². The van der Waals surface area contributed by atoms with Gasteiger partial charge in [-0.2, -0.15) is 0 Å². The zero-order valence-electron chi connectivity index (χ0n) is 12.0. The molecule has 1 heterocycles. The normalized spacial score (nSPS) is 30.5. The number of hydrogen-bond donors (Lipinski definition) is 1. The molecule has 0 radical (unpaired) electrons. The van der Waals surface area contributed by atoms with Crippen LogP contribution in [0, 0.1) is 16.7 Å². The standard InChI is InChI=1S/C14H26N2S/c1-9(2)7-10-8-15-12(17-10)16-11-13(3,4)14(11,5)6/h9-11H,7-8H2,1-6H3,(H,15,16). The Kier molecular flexibility index (Phi) is 3.26. The second-order valence-corrected chi connectivity index (χ2v) is 8.33. The van der Waals surface area contributed by atoms with Crippen molar-refractivity contribution in [3.63, 3.8) is 0 Å². The maximum absolute atomic E-state index is 4.65. The van der Waals surface area contributed by atoms with E-state index in [2.05, 4.69) is 51.9 Å². The Bertz CT molecular complexity index is 317. The first kappa shape index (κ1) is 13.3. The van der Waals surface area contributed by atoms with Crippen LogP contribution in [-0.4, -0.2) is 23.0 Å². The van der Waals surface area contributed by atoms with Crippen molar-refractivity contribution in [1.82, 2.24) is 5.32 Å². The molecule has 0 aromatic rings. The summed E-state index contributed by atoms with van der Waals surface area (Å²) in [6, 6.07) is 0.582. The van der Waals surface area contributed by atoms with E-state index in [1.165, 1.54) is 11.6 Å². The average Bonchev–Trinajstić information content (AvgIpc) is 2.53. The minimum absolute atomic E-state index is 0.395. The van der Waals surface area contributed by atoms with E-state index in [1.54, 1.807) is 0 Å². The maximum Gasteiger partial charge on any atom is 0.157 e. The first-order chi connectivity index (χ1) is 7.75. The molecule has 0 spiro atoms. The van der Waals surface area contributed by atoms with Gasteiger partial charge in [-0.25, -0.2) is 0 Å². The Morgan fingerprint density at radius 2 is 1.88 bits per heavy atom. The largest absolute Gasteiger partial charge is 0.361 e. The highest BCUT2D eigenvalue weighted by Crippen LogP contribution is 2.62. The lowest BCUT2D eigenvalue weighted by Crippen LogP contribution is -2.26. The van der Waals surface area contributed by atoms with Crippen molar-refractivity contribution in [2.75, 3.05) is 6.54 Å². The van der Waals surface area contributed by atoms with Gasteiger partial charge in [-0.1, -0.05) is 53.3 Å². The van der Waals surface area contributed by atoms with Gasteiger partial charge in [0.25, 0.3) is 0 Å². The minimum atomic E-state index is 0.395. The van der Waals surface area contributed by atoms with E-state index < -0.39 is 0 Å². The summed E-state index contributed by atoms with van der Waals surface area (Å²) in [5.74, 6) is 0.774. The van der Waals surface area contributed by atoms with E-state index in [4.69, 9.17) is 0 Å². The summed E-state index contributed by atoms with van der Waals surface area (Å²) in [4.78, 5) is 4.65. The second kappa shape index (κ2) is 4.18. The molecule has 17 heavy (non-hydrogen) atoms. The molecule has 1 atom stereocenters. The van der Waals surface area contributed by atoms with E-state index >= 15 is 0 Å². The van der Waals surface area contributed by atoms with Gasteiger partial charge in [0, 0.05) is 11.3 Å². The third-order valence-electron chi connectivity index (χ3n) is 4.74. The molecule has 1 aliphatic carbocycles. The van der Waals surface area contributed by atoms with Gasteiger partial charge < -0.3 is 5.32 Å². The van der Waals surface area contributed by atoms with Crippen molar-refractivity contribution in [2.24, 2.45) is 21.7 Å². The number of thioether (sulfide) groups is 1. The van der Waals surface area contributed by atoms with Crippen molar-refractivity contribution in [3.05, 3.63) is 0 Å². The van der Waals surface area contributed by atoms with Crippen LogP contribution in [0.3, 0.4) is 0 Å². The number of nitrogens with one attached hydrogen (secondary N) is 1. The number of nitrogens with zero attached hydrogens (tertiary/aromatic N) is 1. The van der Waals surface area contributed by atoms with E-state index in [0.29, 0.717) is 22.1 Å². The summed E-state index contributed by atoms with van der Waals surface area (Å²) in [7, 11) is 0. The Morgan fingerprint density at radius 1 is 1.29 bits per heavy atom. The maximum atomic E-state index is 4.65. The Labute approximate surface area is 110 Å². The Morgan fingerprint density at radius 3 is 2.35 bits per heavy atom. The first-order valence-corrected chi connectivity index (χ1v) is 7.60. The summed E-state index contributed by atoms with van der Waals surface area (Å²) in [5, 5.41) is 5.53. The number of rotatable bonds is 3. The molecule has 1 aliphatic heterocycles. The highest BCUT2D eigenvalue weighted by molar-refractivity contribution is 8.14. The summed E-state index contributed by atoms with van der Waals surface area (Å²) < 4.78 is 0. The van der Waals surface area contributed by atoms with Gasteiger partial charge in [0.1, 0.15) is 0 Å². The molecule has 98 valence electrons. The van der Waals surface area contributed by atoms with Crippen LogP contribution in [-0.2, 0) is 0 Å². The van der Waals surface area contributed by atoms with Gasteiger partial charge in [0.05, 0.1) is 6.54 Å². The van der Waals surface area contributed by atoms with Crippen molar-refractivity contribution in [3.8, 4) is 0 Å². The summed E-state index contributed by atoms with van der Waals surface area (Å²) in [6.07, 6.45) is 1.27. The first-order valence-electron chi connectivity index (χ1n) is 6.73. The zero-order chi connectivity index (χ0) is 12.8. The highest BCUT2D eigenvalue weighted by Gasteiger charge is 2.65. The van der Waals surface area contributed by atoms with Crippen molar-refractivity contribution in [2.45, 2.75) is 59.3 Å². The number of amidine groups is 1. The molecule has 2 aliphatic rings. The van der Waals surface area contributed by atoms with E-state index in [0.717, 1.165) is 12.5 Å². The molecule has 1 unspecified atom stereocenters. The van der Waals surface area contributed by atoms with Gasteiger partial charge in [-0.05, 0) is 23.2 Å². The smallest absolute Gasteiger partial charge is 0.157 e. The van der Waals surface area contributed by atoms with Gasteiger partial charge in [-0.15, -0.1) is 0 Å². The predicted molar refractivity (Wildman–Crippen MR) is 77.6 cm³/mol. The third-order valence-corrected chi connectivity index (χ3v) is 5.88. The van der Waals surface area contributed by atoms with Gasteiger partial charge in [-0.3, -0.25) is 4.99 Å². The summed E-state index contributed by atoms with van der Waals surface area (Å²) in [6.45, 7) is 15.0. The molecule has 0 aromatic carbocycles. The molecular formula is C14H26N2S. The molecule has 2 nitrogen and oxygen atoms in total. The van der Waals surface area contributed by atoms with Crippen molar-refractivity contribution >= 4 is 16.9 Å². The van der Waals surface area contributed by atoms with Crippen LogP contribution in [0.25, 0.3) is 0 Å². The lowest BCUT2D eigenvalue weighted by molar-refractivity contribution is 0.457. The lowest BCUT2D eigenvalue weighted by atomic mass is 10.0. The van der Waals surface area contributed by atoms with Crippen LogP contribution in [0.5, 0.6) is 0 Å². The number of hydrogen-bond acceptors (Lipinski definition) is 3. The fourth-order valence-electron chi connectivity index (χ4n) is 2.83. The van der Waals surface area contributed by atoms with Crippen LogP contribution in [0.4, 0.5) is 0 Å². The fourth-order valence-corrected chi connectivity index (χ4v) is 4.11. The lowest BCUT2D eigenvalue weighted by Gasteiger charge is -2.12. The number of aliphatic imine (C=N–C) groups is 1. The molecule has 0 aromatic heterocycles. The van der Waals surface area contributed by atoms with Crippen LogP contribution in [0.1, 0.15) is 48.0 Å². The molecule has 3 heteroatoms. The van der Waals surface area contributed by atoms with Gasteiger partial charge in [0.15, 0.2) is 5.17 Å². The van der Waals surface area contributed by atoms with Gasteiger partial charge in [0.2, 0.25) is 0 Å². The molecule has 0 amide bonds. The third kappa shape index (κ3) is 2.35. The highest BCUT2D eigenvalue weighted by atomic mass is 32.2. The van der Waals surface area contributed by atoms with E-state index in [9.17, 15) is 0 Å². The predicted octanol–water partition coefficient (Wildman–Crippen LogP) is 3.53. The van der Waals surface area contributed by atoms with Crippen LogP contribution in [0.2, 0.25) is 0 Å². The second-order valence-electron chi connectivity index (χ2n) is 7.04. The van der Waals surface area contributed by atoms with Gasteiger partial charge >= 0.3 is 0 Å². The molecule has 0 saturated heterocycles. The van der Waals surface area contributed by atoms with Crippen LogP contribution < -0.4 is 5.32 Å². The molecule has 0 bridgehead atoms. The molecular weight excluding hydrogens is 228 g/mol. The fraction of sp³-hybridized carbons (Fsp3) is 0.929. The average molecular weight is 254 g/mol. The molecule has 1 N–H and O–H groups in total. The van der Waals surface area contributed by atoms with Crippen molar-refractivity contribution in [1.29, 1.82) is 0 Å². The van der Waals surface area contributed by atoms with Crippen LogP contribution in [0.15, 0.2) is 4.99 Å². The minimum Gasteiger partial charge on any atom is -0.361 e. The summed E-state index contributed by atoms with van der Waals surface area (Å²) >= 11 is 1.95. The zero-order valence-corrected chi connectivity index (χ0v) is 12.8. The molecule has 2 rings (SSSR count). The Balaban J connectivity index is 1.84. The topological polar surface area (TPSA) is 24.4 Å². The Hall–Kier alpha value is -0.180. The quantitative estimate of drug-likeness (QED) is 0.833.